The normalized spacial score (nSPS) is 11.3. The van der Waals surface area contributed by atoms with Gasteiger partial charge in [0.15, 0.2) is 23.3 Å². The minimum absolute atomic E-state index is 0.389. The Morgan fingerprint density at radius 2 is 1.24 bits per heavy atom. The lowest BCUT2D eigenvalue weighted by Gasteiger charge is -2.05. The summed E-state index contributed by atoms with van der Waals surface area (Å²) in [4.78, 5) is 0. The van der Waals surface area contributed by atoms with E-state index in [-0.39, 0.29) is 6.42 Å². The highest BCUT2D eigenvalue weighted by molar-refractivity contribution is 5.50. The second kappa shape index (κ2) is 6.08. The highest BCUT2D eigenvalue weighted by Gasteiger charge is 2.24. The predicted molar refractivity (Wildman–Crippen MR) is 70.1 cm³/mol. The van der Waals surface area contributed by atoms with Crippen LogP contribution in [0.25, 0.3) is 6.08 Å². The smallest absolute Gasteiger partial charge is 0.200 e. The van der Waals surface area contributed by atoms with E-state index in [9.17, 15) is 22.0 Å². The van der Waals surface area contributed by atoms with Crippen molar-refractivity contribution in [1.82, 2.24) is 0 Å². The number of rotatable bonds is 3. The molecule has 0 saturated carbocycles. The Balaban J connectivity index is 2.26. The van der Waals surface area contributed by atoms with Gasteiger partial charge in [-0.2, -0.15) is 0 Å². The fourth-order valence-electron chi connectivity index (χ4n) is 1.82. The number of benzene rings is 2. The van der Waals surface area contributed by atoms with Crippen LogP contribution in [0, 0.1) is 36.0 Å². The SMILES string of the molecule is Cc1ccc(/C=C/Cc2c(F)c(F)c(F)c(F)c2F)cc1. The van der Waals surface area contributed by atoms with E-state index in [1.807, 2.05) is 19.1 Å². The number of hydrogen-bond acceptors (Lipinski definition) is 0. The number of halogens is 5. The van der Waals surface area contributed by atoms with Crippen molar-refractivity contribution in [2.45, 2.75) is 13.3 Å². The summed E-state index contributed by atoms with van der Waals surface area (Å²) in [6.07, 6.45) is 2.51. The summed E-state index contributed by atoms with van der Waals surface area (Å²) in [7, 11) is 0. The van der Waals surface area contributed by atoms with E-state index in [1.54, 1.807) is 18.2 Å². The van der Waals surface area contributed by atoms with Crippen LogP contribution in [-0.4, -0.2) is 0 Å². The van der Waals surface area contributed by atoms with Crippen LogP contribution in [0.15, 0.2) is 30.3 Å². The molecule has 110 valence electrons. The maximum absolute atomic E-state index is 13.4. The van der Waals surface area contributed by atoms with Gasteiger partial charge in [-0.1, -0.05) is 42.0 Å². The number of allylic oxidation sites excluding steroid dienone is 1. The first-order chi connectivity index (χ1) is 9.91. The lowest BCUT2D eigenvalue weighted by atomic mass is 10.1. The van der Waals surface area contributed by atoms with Crippen LogP contribution in [0.4, 0.5) is 22.0 Å². The first-order valence-electron chi connectivity index (χ1n) is 6.15. The van der Waals surface area contributed by atoms with Crippen LogP contribution in [0.3, 0.4) is 0 Å². The maximum atomic E-state index is 13.4. The summed E-state index contributed by atoms with van der Waals surface area (Å²) in [5.41, 5.74) is 0.978. The third-order valence-electron chi connectivity index (χ3n) is 3.01. The lowest BCUT2D eigenvalue weighted by Crippen LogP contribution is -2.06. The summed E-state index contributed by atoms with van der Waals surface area (Å²) in [6.45, 7) is 1.91. The van der Waals surface area contributed by atoms with Crippen LogP contribution in [0.5, 0.6) is 0 Å². The van der Waals surface area contributed by atoms with Crippen molar-refractivity contribution >= 4 is 6.08 Å². The zero-order chi connectivity index (χ0) is 15.6. The standard InChI is InChI=1S/C16H11F5/c1-9-5-7-10(8-6-9)3-2-4-11-12(17)14(19)16(21)15(20)13(11)18/h2-3,5-8H,4H2,1H3/b3-2+. The van der Waals surface area contributed by atoms with Crippen molar-refractivity contribution in [3.63, 3.8) is 0 Å². The van der Waals surface area contributed by atoms with Gasteiger partial charge in [0.05, 0.1) is 0 Å². The first kappa shape index (κ1) is 15.2. The molecule has 0 aliphatic carbocycles. The van der Waals surface area contributed by atoms with E-state index in [0.29, 0.717) is 0 Å². The first-order valence-corrected chi connectivity index (χ1v) is 6.15. The largest absolute Gasteiger partial charge is 0.203 e. The van der Waals surface area contributed by atoms with Crippen molar-refractivity contribution < 1.29 is 22.0 Å². The molecule has 0 radical (unpaired) electrons. The third-order valence-corrected chi connectivity index (χ3v) is 3.01. The molecular formula is C16H11F5. The Bertz CT molecular complexity index is 658. The molecule has 0 spiro atoms. The van der Waals surface area contributed by atoms with Crippen molar-refractivity contribution in [3.05, 3.63) is 76.1 Å². The van der Waals surface area contributed by atoms with Crippen molar-refractivity contribution in [2.75, 3.05) is 0 Å². The summed E-state index contributed by atoms with van der Waals surface area (Å²) in [6, 6.07) is 7.25. The second-order valence-corrected chi connectivity index (χ2v) is 4.57. The fraction of sp³-hybridized carbons (Fsp3) is 0.125. The van der Waals surface area contributed by atoms with Gasteiger partial charge in [-0.25, -0.2) is 22.0 Å². The van der Waals surface area contributed by atoms with Crippen LogP contribution in [0.2, 0.25) is 0 Å². The molecule has 0 fully saturated rings. The Hall–Kier alpha value is -2.17. The number of aryl methyl sites for hydroxylation is 1. The molecule has 0 unspecified atom stereocenters. The minimum Gasteiger partial charge on any atom is -0.203 e. The molecule has 0 N–H and O–H groups in total. The molecule has 0 aliphatic rings. The average molecular weight is 298 g/mol. The second-order valence-electron chi connectivity index (χ2n) is 4.57. The highest BCUT2D eigenvalue weighted by atomic mass is 19.2. The van der Waals surface area contributed by atoms with Gasteiger partial charge in [0.25, 0.3) is 0 Å². The van der Waals surface area contributed by atoms with Gasteiger partial charge >= 0.3 is 0 Å². The van der Waals surface area contributed by atoms with Crippen molar-refractivity contribution in [2.24, 2.45) is 0 Å². The van der Waals surface area contributed by atoms with Gasteiger partial charge in [0.2, 0.25) is 5.82 Å². The van der Waals surface area contributed by atoms with Gasteiger partial charge < -0.3 is 0 Å². The molecule has 21 heavy (non-hydrogen) atoms. The maximum Gasteiger partial charge on any atom is 0.200 e. The molecule has 0 atom stereocenters. The Morgan fingerprint density at radius 3 is 1.76 bits per heavy atom. The lowest BCUT2D eigenvalue weighted by molar-refractivity contribution is 0.371. The molecule has 0 aromatic heterocycles. The molecule has 0 bridgehead atoms. The summed E-state index contributed by atoms with van der Waals surface area (Å²) in [5, 5.41) is 0. The van der Waals surface area contributed by atoms with Gasteiger partial charge in [-0.15, -0.1) is 0 Å². The molecule has 5 heteroatoms. The Morgan fingerprint density at radius 1 is 0.762 bits per heavy atom. The van der Waals surface area contributed by atoms with Crippen LogP contribution < -0.4 is 0 Å². The topological polar surface area (TPSA) is 0 Å². The molecule has 2 aromatic carbocycles. The van der Waals surface area contributed by atoms with E-state index >= 15 is 0 Å². The average Bonchev–Trinajstić information content (AvgIpc) is 2.48. The molecule has 0 nitrogen and oxygen atoms in total. The van der Waals surface area contributed by atoms with Crippen molar-refractivity contribution in [1.29, 1.82) is 0 Å². The molecule has 2 aromatic rings. The summed E-state index contributed by atoms with van der Waals surface area (Å²) >= 11 is 0. The third kappa shape index (κ3) is 3.12. The molecule has 0 aliphatic heterocycles. The van der Waals surface area contributed by atoms with Gasteiger partial charge in [-0.3, -0.25) is 0 Å². The zero-order valence-electron chi connectivity index (χ0n) is 11.1. The Kier molecular flexibility index (Phi) is 4.40. The van der Waals surface area contributed by atoms with Gasteiger partial charge in [0, 0.05) is 5.56 Å². The molecular weight excluding hydrogens is 287 g/mol. The monoisotopic (exact) mass is 298 g/mol. The van der Waals surface area contributed by atoms with E-state index < -0.39 is 34.6 Å². The molecule has 0 heterocycles. The molecule has 0 amide bonds. The van der Waals surface area contributed by atoms with Crippen LogP contribution in [-0.2, 0) is 6.42 Å². The molecule has 2 rings (SSSR count). The van der Waals surface area contributed by atoms with E-state index in [2.05, 4.69) is 0 Å². The van der Waals surface area contributed by atoms with E-state index in [0.717, 1.165) is 11.1 Å². The fourth-order valence-corrected chi connectivity index (χ4v) is 1.82. The molecule has 0 saturated heterocycles. The number of hydrogen-bond donors (Lipinski definition) is 0. The summed E-state index contributed by atoms with van der Waals surface area (Å²) < 4.78 is 65.8. The van der Waals surface area contributed by atoms with Crippen LogP contribution in [0.1, 0.15) is 16.7 Å². The predicted octanol–water partition coefficient (Wildman–Crippen LogP) is 4.95. The van der Waals surface area contributed by atoms with Gasteiger partial charge in [0.1, 0.15) is 0 Å². The van der Waals surface area contributed by atoms with Crippen LogP contribution >= 0.6 is 0 Å². The van der Waals surface area contributed by atoms with Gasteiger partial charge in [-0.05, 0) is 18.9 Å². The summed E-state index contributed by atoms with van der Waals surface area (Å²) in [5.74, 6) is -9.57. The quantitative estimate of drug-likeness (QED) is 0.427. The highest BCUT2D eigenvalue weighted by Crippen LogP contribution is 2.23. The Labute approximate surface area is 118 Å². The van der Waals surface area contributed by atoms with Crippen molar-refractivity contribution in [3.8, 4) is 0 Å². The van der Waals surface area contributed by atoms with E-state index in [4.69, 9.17) is 0 Å². The van der Waals surface area contributed by atoms with E-state index in [1.165, 1.54) is 6.08 Å². The zero-order valence-corrected chi connectivity index (χ0v) is 11.1. The minimum atomic E-state index is -2.14.